The normalized spacial score (nSPS) is 11.5. The lowest BCUT2D eigenvalue weighted by atomic mass is 10.0. The first kappa shape index (κ1) is 33.5. The number of hydrogen-bond donors (Lipinski definition) is 2. The number of nitrogens with one attached hydrogen (secondary N) is 2. The second kappa shape index (κ2) is 14.0. The third-order valence-electron chi connectivity index (χ3n) is 8.64. The van der Waals surface area contributed by atoms with E-state index in [1.165, 1.54) is 0 Å². The van der Waals surface area contributed by atoms with Crippen LogP contribution in [0.25, 0.3) is 22.2 Å². The minimum Gasteiger partial charge on any atom is -0.497 e. The second-order valence-corrected chi connectivity index (χ2v) is 13.7. The lowest BCUT2D eigenvalue weighted by molar-refractivity contribution is 0.0951. The largest absolute Gasteiger partial charge is 0.497 e. The Labute approximate surface area is 286 Å². The van der Waals surface area contributed by atoms with Gasteiger partial charge in [-0.1, -0.05) is 66.7 Å². The number of aromatic nitrogens is 3. The summed E-state index contributed by atoms with van der Waals surface area (Å²) in [6.07, 6.45) is 1.70. The molecule has 0 saturated carbocycles. The van der Waals surface area contributed by atoms with Crippen molar-refractivity contribution in [2.45, 2.75) is 58.5 Å². The maximum atomic E-state index is 13.5. The summed E-state index contributed by atoms with van der Waals surface area (Å²) < 4.78 is 42.1. The molecule has 0 aliphatic carbocycles. The quantitative estimate of drug-likeness (QED) is 0.139. The fourth-order valence-electron chi connectivity index (χ4n) is 5.79. The van der Waals surface area contributed by atoms with E-state index in [1.54, 1.807) is 39.2 Å². The molecule has 0 fully saturated rings. The fourth-order valence-corrected chi connectivity index (χ4v) is 7.07. The minimum atomic E-state index is -3.96. The highest BCUT2D eigenvalue weighted by Gasteiger charge is 2.23. The van der Waals surface area contributed by atoms with E-state index in [9.17, 15) is 13.2 Å². The van der Waals surface area contributed by atoms with Gasteiger partial charge in [-0.05, 0) is 79.8 Å². The summed E-state index contributed by atoms with van der Waals surface area (Å²) in [6, 6.07) is 26.1. The number of anilines is 1. The molecule has 6 rings (SSSR count). The Balaban J connectivity index is 1.26. The molecule has 1 amide bonds. The number of carbonyl (C=O) groups is 1. The smallest absolute Gasteiger partial charge is 0.264 e. The number of carbonyl (C=O) groups excluding carboxylic acids is 1. The topological polar surface area (TPSA) is 128 Å². The predicted octanol–water partition coefficient (Wildman–Crippen LogP) is 7.36. The summed E-state index contributed by atoms with van der Waals surface area (Å²) in [5.74, 6) is 1.65. The van der Waals surface area contributed by atoms with Crippen LogP contribution >= 0.6 is 0 Å². The average Bonchev–Trinajstić information content (AvgIpc) is 3.61. The molecule has 0 aliphatic heterocycles. The zero-order valence-electron chi connectivity index (χ0n) is 28.2. The summed E-state index contributed by atoms with van der Waals surface area (Å²) in [5.41, 5.74) is 7.83. The number of imidazole rings is 1. The van der Waals surface area contributed by atoms with Gasteiger partial charge in [-0.3, -0.25) is 4.79 Å². The van der Waals surface area contributed by atoms with E-state index < -0.39 is 10.0 Å². The molecule has 0 radical (unpaired) electrons. The van der Waals surface area contributed by atoms with E-state index in [1.807, 2.05) is 73.7 Å². The van der Waals surface area contributed by atoms with Crippen molar-refractivity contribution in [1.29, 1.82) is 0 Å². The van der Waals surface area contributed by atoms with Crippen LogP contribution in [0.1, 0.15) is 57.5 Å². The number of amides is 1. The van der Waals surface area contributed by atoms with Gasteiger partial charge in [-0.15, -0.1) is 0 Å². The predicted molar refractivity (Wildman–Crippen MR) is 190 cm³/mol. The van der Waals surface area contributed by atoms with Crippen molar-refractivity contribution >= 4 is 32.8 Å². The van der Waals surface area contributed by atoms with Gasteiger partial charge in [0.15, 0.2) is 0 Å². The van der Waals surface area contributed by atoms with E-state index >= 15 is 0 Å². The van der Waals surface area contributed by atoms with Crippen LogP contribution in [-0.2, 0) is 29.5 Å². The number of fused-ring (bicyclic) bond motifs is 1. The zero-order valence-corrected chi connectivity index (χ0v) is 29.0. The van der Waals surface area contributed by atoms with Crippen molar-refractivity contribution in [2.24, 2.45) is 0 Å². The van der Waals surface area contributed by atoms with Crippen LogP contribution in [0.4, 0.5) is 5.88 Å². The highest BCUT2D eigenvalue weighted by atomic mass is 32.2. The van der Waals surface area contributed by atoms with E-state index in [4.69, 9.17) is 14.2 Å². The van der Waals surface area contributed by atoms with Gasteiger partial charge in [0.25, 0.3) is 15.9 Å². The summed E-state index contributed by atoms with van der Waals surface area (Å²) in [6.45, 7) is 8.54. The molecule has 2 heterocycles. The van der Waals surface area contributed by atoms with Crippen molar-refractivity contribution in [3.63, 3.8) is 0 Å². The molecule has 2 N–H and O–H groups in total. The molecular weight excluding hydrogens is 639 g/mol. The van der Waals surface area contributed by atoms with Gasteiger partial charge in [0.2, 0.25) is 5.88 Å². The van der Waals surface area contributed by atoms with Crippen LogP contribution in [0.15, 0.2) is 94.3 Å². The number of hydrogen-bond acceptors (Lipinski definition) is 7. The molecular formula is C38H39N5O5S. The van der Waals surface area contributed by atoms with Crippen LogP contribution in [0.5, 0.6) is 5.75 Å². The Morgan fingerprint density at radius 2 is 1.65 bits per heavy atom. The second-order valence-electron chi connectivity index (χ2n) is 12.1. The van der Waals surface area contributed by atoms with E-state index in [2.05, 4.69) is 26.7 Å². The number of nitrogens with zero attached hydrogens (tertiary/aromatic N) is 3. The van der Waals surface area contributed by atoms with Crippen LogP contribution in [0.3, 0.4) is 0 Å². The molecule has 11 heteroatoms. The van der Waals surface area contributed by atoms with Crippen LogP contribution < -0.4 is 14.8 Å². The molecule has 4 aromatic carbocycles. The van der Waals surface area contributed by atoms with Crippen molar-refractivity contribution in [3.05, 3.63) is 124 Å². The highest BCUT2D eigenvalue weighted by molar-refractivity contribution is 7.92. The van der Waals surface area contributed by atoms with Crippen molar-refractivity contribution in [2.75, 3.05) is 11.8 Å². The van der Waals surface area contributed by atoms with E-state index in [0.717, 1.165) is 57.7 Å². The molecule has 0 spiro atoms. The Kier molecular flexibility index (Phi) is 9.55. The number of sulfonamides is 1. The number of rotatable bonds is 12. The molecule has 0 aliphatic rings. The Morgan fingerprint density at radius 3 is 2.33 bits per heavy atom. The van der Waals surface area contributed by atoms with E-state index in [0.29, 0.717) is 35.5 Å². The van der Waals surface area contributed by atoms with E-state index in [-0.39, 0.29) is 16.7 Å². The van der Waals surface area contributed by atoms with Gasteiger partial charge in [0.05, 0.1) is 28.7 Å². The number of methoxy groups -OCH3 is 1. The zero-order chi connectivity index (χ0) is 34.7. The lowest BCUT2D eigenvalue weighted by Crippen LogP contribution is -2.23. The number of benzene rings is 4. The standard InChI is InChI=1S/C38H39N5O5S/c1-6-9-35-40-36-24(2)20-30(37(44)39-22-27-14-18-31(47-5)19-15-27)21-33(36)43(35)23-28-12-16-29(17-13-28)32-10-7-8-11-34(32)49(45,46)42-38-25(3)26(4)41-48-38/h7-8,10-21,42H,6,9,22-23H2,1-5H3,(H,39,44). The Bertz CT molecular complexity index is 2240. The molecule has 0 unspecified atom stereocenters. The first-order valence-electron chi connectivity index (χ1n) is 16.1. The highest BCUT2D eigenvalue weighted by Crippen LogP contribution is 2.31. The molecule has 0 bridgehead atoms. The summed E-state index contributed by atoms with van der Waals surface area (Å²) in [4.78, 5) is 18.4. The average molecular weight is 678 g/mol. The summed E-state index contributed by atoms with van der Waals surface area (Å²) in [5, 5.41) is 6.90. The fraction of sp³-hybridized carbons (Fsp3) is 0.237. The maximum absolute atomic E-state index is 13.5. The SMILES string of the molecule is CCCc1nc2c(C)cc(C(=O)NCc3ccc(OC)cc3)cc2n1Cc1ccc(-c2ccccc2S(=O)(=O)Nc2onc(C)c2C)cc1. The lowest BCUT2D eigenvalue weighted by Gasteiger charge is -2.13. The molecule has 0 saturated heterocycles. The van der Waals surface area contributed by atoms with Gasteiger partial charge >= 0.3 is 0 Å². The maximum Gasteiger partial charge on any atom is 0.264 e. The van der Waals surface area contributed by atoms with Crippen molar-refractivity contribution in [1.82, 2.24) is 20.0 Å². The first-order valence-corrected chi connectivity index (χ1v) is 17.6. The summed E-state index contributed by atoms with van der Waals surface area (Å²) in [7, 11) is -2.34. The van der Waals surface area contributed by atoms with Gasteiger partial charge in [0.1, 0.15) is 11.6 Å². The monoisotopic (exact) mass is 677 g/mol. The summed E-state index contributed by atoms with van der Waals surface area (Å²) >= 11 is 0. The van der Waals surface area contributed by atoms with Crippen LogP contribution in [0.2, 0.25) is 0 Å². The Hall–Kier alpha value is -5.42. The Morgan fingerprint density at radius 1 is 0.939 bits per heavy atom. The molecule has 49 heavy (non-hydrogen) atoms. The molecule has 252 valence electrons. The van der Waals surface area contributed by atoms with Crippen molar-refractivity contribution < 1.29 is 22.5 Å². The molecule has 10 nitrogen and oxygen atoms in total. The first-order chi connectivity index (χ1) is 23.6. The molecule has 2 aromatic heterocycles. The van der Waals surface area contributed by atoms with Gasteiger partial charge in [0, 0.05) is 36.2 Å². The number of aryl methyl sites for hydroxylation is 3. The van der Waals surface area contributed by atoms with Gasteiger partial charge < -0.3 is 19.1 Å². The van der Waals surface area contributed by atoms with Gasteiger partial charge in [-0.2, -0.15) is 0 Å². The molecule has 0 atom stereocenters. The van der Waals surface area contributed by atoms with Crippen molar-refractivity contribution in [3.8, 4) is 16.9 Å². The van der Waals surface area contributed by atoms with Gasteiger partial charge in [-0.25, -0.2) is 18.1 Å². The minimum absolute atomic E-state index is 0.103. The number of ether oxygens (including phenoxy) is 1. The van der Waals surface area contributed by atoms with Crippen LogP contribution in [-0.4, -0.2) is 36.1 Å². The third-order valence-corrected chi connectivity index (χ3v) is 10.0. The molecule has 6 aromatic rings. The van der Waals surface area contributed by atoms with Crippen LogP contribution in [0, 0.1) is 20.8 Å². The third kappa shape index (κ3) is 7.07.